The molecule has 0 N–H and O–H groups in total. The van der Waals surface area contributed by atoms with Gasteiger partial charge in [-0.3, -0.25) is 14.0 Å². The number of carbonyl (C=O) groups excluding carboxylic acids is 1. The lowest BCUT2D eigenvalue weighted by atomic mass is 9.96. The molecule has 3 heterocycles. The van der Waals surface area contributed by atoms with E-state index in [0.717, 1.165) is 23.4 Å². The summed E-state index contributed by atoms with van der Waals surface area (Å²) in [5, 5.41) is 4.46. The first-order chi connectivity index (χ1) is 14.9. The molecule has 8 heteroatoms. The van der Waals surface area contributed by atoms with Crippen LogP contribution >= 0.6 is 11.3 Å². The van der Waals surface area contributed by atoms with E-state index in [1.54, 1.807) is 18.4 Å². The molecule has 0 saturated heterocycles. The number of hydrogen-bond donors (Lipinski definition) is 0. The van der Waals surface area contributed by atoms with E-state index in [1.165, 1.54) is 11.3 Å². The van der Waals surface area contributed by atoms with E-state index in [0.29, 0.717) is 20.6 Å². The highest BCUT2D eigenvalue weighted by atomic mass is 32.1. The molecular weight excluding hydrogens is 412 g/mol. The first-order valence-corrected chi connectivity index (χ1v) is 11.0. The predicted octanol–water partition coefficient (Wildman–Crippen LogP) is 2.32. The van der Waals surface area contributed by atoms with Crippen molar-refractivity contribution in [2.45, 2.75) is 40.3 Å². The van der Waals surface area contributed by atoms with Gasteiger partial charge in [0, 0.05) is 18.3 Å². The Labute approximate surface area is 183 Å². The molecule has 1 aliphatic heterocycles. The Morgan fingerprint density at radius 1 is 1.23 bits per heavy atom. The van der Waals surface area contributed by atoms with Crippen molar-refractivity contribution in [2.24, 2.45) is 4.99 Å². The minimum Gasteiger partial charge on any atom is -0.463 e. The summed E-state index contributed by atoms with van der Waals surface area (Å²) in [6.45, 7) is 8.50. The van der Waals surface area contributed by atoms with Crippen LogP contribution in [0.4, 0.5) is 0 Å². The van der Waals surface area contributed by atoms with E-state index in [-0.39, 0.29) is 12.2 Å². The van der Waals surface area contributed by atoms with Gasteiger partial charge in [-0.25, -0.2) is 9.79 Å². The lowest BCUT2D eigenvalue weighted by Gasteiger charge is -2.24. The number of hydrogen-bond acceptors (Lipinski definition) is 6. The molecule has 0 amide bonds. The maximum Gasteiger partial charge on any atom is 0.338 e. The number of aryl methyl sites for hydroxylation is 2. The molecule has 1 aliphatic rings. The molecule has 3 aromatic rings. The van der Waals surface area contributed by atoms with Crippen molar-refractivity contribution in [3.8, 4) is 0 Å². The van der Waals surface area contributed by atoms with Crippen molar-refractivity contribution in [1.82, 2.24) is 14.3 Å². The van der Waals surface area contributed by atoms with Crippen LogP contribution in [0.5, 0.6) is 0 Å². The molecule has 1 unspecified atom stereocenters. The third-order valence-electron chi connectivity index (χ3n) is 5.23. The summed E-state index contributed by atoms with van der Waals surface area (Å²) in [6, 6.07) is 8.93. The fraction of sp³-hybridized carbons (Fsp3) is 0.304. The molecule has 0 saturated carbocycles. The molecule has 0 spiro atoms. The van der Waals surface area contributed by atoms with Gasteiger partial charge in [-0.2, -0.15) is 5.10 Å². The zero-order chi connectivity index (χ0) is 22.1. The topological polar surface area (TPSA) is 78.5 Å². The zero-order valence-corrected chi connectivity index (χ0v) is 18.8. The van der Waals surface area contributed by atoms with Crippen LogP contribution in [0.1, 0.15) is 43.6 Å². The second-order valence-electron chi connectivity index (χ2n) is 7.24. The number of aromatic nitrogens is 3. The molecule has 4 rings (SSSR count). The number of thiazole rings is 1. The Morgan fingerprint density at radius 2 is 1.97 bits per heavy atom. The molecule has 1 aromatic carbocycles. The molecule has 7 nitrogen and oxygen atoms in total. The Balaban J connectivity index is 1.95. The van der Waals surface area contributed by atoms with Gasteiger partial charge in [-0.1, -0.05) is 41.7 Å². The molecule has 1 atom stereocenters. The molecule has 0 fully saturated rings. The average Bonchev–Trinajstić information content (AvgIpc) is 3.27. The van der Waals surface area contributed by atoms with Gasteiger partial charge in [0.1, 0.15) is 0 Å². The molecule has 31 heavy (non-hydrogen) atoms. The van der Waals surface area contributed by atoms with Gasteiger partial charge in [0.25, 0.3) is 5.56 Å². The maximum absolute atomic E-state index is 13.5. The van der Waals surface area contributed by atoms with Crippen LogP contribution in [0.15, 0.2) is 57.6 Å². The Morgan fingerprint density at radius 3 is 2.61 bits per heavy atom. The van der Waals surface area contributed by atoms with Crippen molar-refractivity contribution < 1.29 is 9.53 Å². The van der Waals surface area contributed by atoms with Crippen LogP contribution in [0.25, 0.3) is 6.08 Å². The monoisotopic (exact) mass is 436 g/mol. The molecule has 0 radical (unpaired) electrons. The summed E-state index contributed by atoms with van der Waals surface area (Å²) in [6.07, 6.45) is 3.78. The largest absolute Gasteiger partial charge is 0.463 e. The highest BCUT2D eigenvalue weighted by Crippen LogP contribution is 2.30. The van der Waals surface area contributed by atoms with Crippen LogP contribution in [-0.4, -0.2) is 26.9 Å². The number of rotatable bonds is 5. The Hall–Kier alpha value is -3.26. The SMILES string of the molecule is CCOC(=O)C1=C(C)N=c2s/c(=C\c3cn(CC)nc3C)c(=O)n2C1c1ccccc1. The normalized spacial score (nSPS) is 16.3. The number of carbonyl (C=O) groups is 1. The standard InChI is InChI=1S/C23H24N4O3S/c1-5-26-13-17(14(3)25-26)12-18-21(28)27-20(16-10-8-7-9-11-16)19(22(29)30-6-2)15(4)24-23(27)31-18/h7-13,20H,5-6H2,1-4H3/b18-12-. The van der Waals surface area contributed by atoms with Gasteiger partial charge in [0.15, 0.2) is 4.80 Å². The molecule has 2 aromatic heterocycles. The van der Waals surface area contributed by atoms with Crippen molar-refractivity contribution >= 4 is 23.4 Å². The van der Waals surface area contributed by atoms with E-state index in [9.17, 15) is 9.59 Å². The number of nitrogens with zero attached hydrogens (tertiary/aromatic N) is 4. The third-order valence-corrected chi connectivity index (χ3v) is 6.21. The highest BCUT2D eigenvalue weighted by molar-refractivity contribution is 7.07. The van der Waals surface area contributed by atoms with Gasteiger partial charge >= 0.3 is 5.97 Å². The van der Waals surface area contributed by atoms with Crippen molar-refractivity contribution in [1.29, 1.82) is 0 Å². The summed E-state index contributed by atoms with van der Waals surface area (Å²) in [4.78, 5) is 31.5. The van der Waals surface area contributed by atoms with Gasteiger partial charge in [-0.05, 0) is 39.3 Å². The summed E-state index contributed by atoms with van der Waals surface area (Å²) in [7, 11) is 0. The fourth-order valence-corrected chi connectivity index (χ4v) is 4.76. The van der Waals surface area contributed by atoms with Gasteiger partial charge in [0.2, 0.25) is 0 Å². The Kier molecular flexibility index (Phi) is 5.73. The minimum atomic E-state index is -0.585. The van der Waals surface area contributed by atoms with E-state index < -0.39 is 12.0 Å². The van der Waals surface area contributed by atoms with Gasteiger partial charge < -0.3 is 4.74 Å². The maximum atomic E-state index is 13.5. The Bertz CT molecular complexity index is 1350. The lowest BCUT2D eigenvalue weighted by molar-refractivity contribution is -0.139. The molecular formula is C23H24N4O3S. The summed E-state index contributed by atoms with van der Waals surface area (Å²) in [5.74, 6) is -0.452. The molecule has 160 valence electrons. The van der Waals surface area contributed by atoms with E-state index in [1.807, 2.05) is 61.1 Å². The second kappa shape index (κ2) is 8.47. The van der Waals surface area contributed by atoms with E-state index in [2.05, 4.69) is 10.1 Å². The quantitative estimate of drug-likeness (QED) is 0.575. The zero-order valence-electron chi connectivity index (χ0n) is 18.0. The number of esters is 1. The first-order valence-electron chi connectivity index (χ1n) is 10.2. The van der Waals surface area contributed by atoms with Crippen LogP contribution < -0.4 is 14.9 Å². The number of ether oxygens (including phenoxy) is 1. The highest BCUT2D eigenvalue weighted by Gasteiger charge is 2.33. The summed E-state index contributed by atoms with van der Waals surface area (Å²) < 4.78 is 9.30. The number of allylic oxidation sites excluding steroid dienone is 1. The van der Waals surface area contributed by atoms with E-state index in [4.69, 9.17) is 4.74 Å². The number of benzene rings is 1. The predicted molar refractivity (Wildman–Crippen MR) is 119 cm³/mol. The molecule has 0 aliphatic carbocycles. The fourth-order valence-electron chi connectivity index (χ4n) is 3.72. The van der Waals surface area contributed by atoms with Crippen molar-refractivity contribution in [3.63, 3.8) is 0 Å². The van der Waals surface area contributed by atoms with Gasteiger partial charge in [0.05, 0.1) is 34.1 Å². The van der Waals surface area contributed by atoms with Crippen LogP contribution in [-0.2, 0) is 16.1 Å². The smallest absolute Gasteiger partial charge is 0.338 e. The minimum absolute atomic E-state index is 0.185. The van der Waals surface area contributed by atoms with E-state index >= 15 is 0 Å². The molecule has 0 bridgehead atoms. The van der Waals surface area contributed by atoms with Crippen LogP contribution in [0, 0.1) is 6.92 Å². The van der Waals surface area contributed by atoms with Crippen LogP contribution in [0.3, 0.4) is 0 Å². The van der Waals surface area contributed by atoms with Crippen molar-refractivity contribution in [2.75, 3.05) is 6.61 Å². The average molecular weight is 437 g/mol. The first kappa shape index (κ1) is 21.0. The number of fused-ring (bicyclic) bond motifs is 1. The van der Waals surface area contributed by atoms with Gasteiger partial charge in [-0.15, -0.1) is 0 Å². The summed E-state index contributed by atoms with van der Waals surface area (Å²) >= 11 is 1.32. The summed E-state index contributed by atoms with van der Waals surface area (Å²) in [5.41, 5.74) is 3.36. The second-order valence-corrected chi connectivity index (χ2v) is 8.25. The van der Waals surface area contributed by atoms with Crippen molar-refractivity contribution in [3.05, 3.63) is 84.3 Å². The lowest BCUT2D eigenvalue weighted by Crippen LogP contribution is -2.39. The van der Waals surface area contributed by atoms with Crippen LogP contribution in [0.2, 0.25) is 0 Å². The third kappa shape index (κ3) is 3.79.